The van der Waals surface area contributed by atoms with Crippen LogP contribution in [0.1, 0.15) is 46.0 Å². The fraction of sp³-hybridized carbons (Fsp3) is 0.562. The van der Waals surface area contributed by atoms with Gasteiger partial charge in [-0.3, -0.25) is 4.99 Å². The average molecular weight is 229 g/mol. The third kappa shape index (κ3) is 3.42. The second kappa shape index (κ2) is 6.00. The van der Waals surface area contributed by atoms with Gasteiger partial charge in [-0.1, -0.05) is 30.4 Å². The van der Waals surface area contributed by atoms with Gasteiger partial charge in [0.05, 0.1) is 6.04 Å². The van der Waals surface area contributed by atoms with Gasteiger partial charge in [-0.15, -0.1) is 0 Å². The molecule has 1 unspecified atom stereocenters. The lowest BCUT2D eigenvalue weighted by Gasteiger charge is -2.22. The molecule has 1 nitrogen and oxygen atoms in total. The van der Waals surface area contributed by atoms with Gasteiger partial charge in [0.1, 0.15) is 0 Å². The van der Waals surface area contributed by atoms with Crippen molar-refractivity contribution >= 4 is 5.71 Å². The van der Waals surface area contributed by atoms with Crippen LogP contribution in [0.15, 0.2) is 40.9 Å². The zero-order chi connectivity index (χ0) is 12.1. The Hall–Kier alpha value is -1.11. The predicted octanol–water partition coefficient (Wildman–Crippen LogP) is 4.47. The van der Waals surface area contributed by atoms with Gasteiger partial charge < -0.3 is 0 Å². The lowest BCUT2D eigenvalue weighted by Crippen LogP contribution is -2.18. The number of allylic oxidation sites excluding steroid dienone is 6. The van der Waals surface area contributed by atoms with Gasteiger partial charge in [0, 0.05) is 5.71 Å². The Morgan fingerprint density at radius 2 is 2.12 bits per heavy atom. The molecule has 0 aromatic heterocycles. The van der Waals surface area contributed by atoms with Crippen molar-refractivity contribution in [3.8, 4) is 0 Å². The number of hydrogen-bond acceptors (Lipinski definition) is 1. The molecule has 0 aromatic carbocycles. The van der Waals surface area contributed by atoms with Crippen LogP contribution in [0.2, 0.25) is 0 Å². The lowest BCUT2D eigenvalue weighted by atomic mass is 9.88. The van der Waals surface area contributed by atoms with E-state index in [0.29, 0.717) is 6.04 Å². The summed E-state index contributed by atoms with van der Waals surface area (Å²) in [6, 6.07) is 0.455. The van der Waals surface area contributed by atoms with E-state index in [4.69, 9.17) is 4.99 Å². The zero-order valence-corrected chi connectivity index (χ0v) is 11.0. The first-order valence-corrected chi connectivity index (χ1v) is 6.84. The third-order valence-corrected chi connectivity index (χ3v) is 3.80. The maximum Gasteiger partial charge on any atom is 0.0506 e. The van der Waals surface area contributed by atoms with Crippen molar-refractivity contribution in [3.63, 3.8) is 0 Å². The summed E-state index contributed by atoms with van der Waals surface area (Å²) in [5, 5.41) is 0. The first kappa shape index (κ1) is 12.3. The fourth-order valence-corrected chi connectivity index (χ4v) is 2.62. The van der Waals surface area contributed by atoms with Crippen LogP contribution in [0, 0.1) is 5.92 Å². The minimum Gasteiger partial charge on any atom is -0.286 e. The van der Waals surface area contributed by atoms with Crippen molar-refractivity contribution in [3.05, 3.63) is 36.0 Å². The summed E-state index contributed by atoms with van der Waals surface area (Å²) in [7, 11) is 0. The maximum absolute atomic E-state index is 4.89. The highest BCUT2D eigenvalue weighted by molar-refractivity contribution is 6.00. The quantitative estimate of drug-likeness (QED) is 0.500. The topological polar surface area (TPSA) is 12.4 Å². The largest absolute Gasteiger partial charge is 0.286 e. The monoisotopic (exact) mass is 229 g/mol. The van der Waals surface area contributed by atoms with Gasteiger partial charge in [0.2, 0.25) is 0 Å². The molecule has 0 N–H and O–H groups in total. The van der Waals surface area contributed by atoms with Crippen LogP contribution in [-0.2, 0) is 0 Å². The summed E-state index contributed by atoms with van der Waals surface area (Å²) in [5.74, 6) is 0.739. The average Bonchev–Trinajstić information content (AvgIpc) is 2.40. The number of rotatable bonds is 3. The van der Waals surface area contributed by atoms with Crippen molar-refractivity contribution in [2.24, 2.45) is 10.9 Å². The first-order valence-electron chi connectivity index (χ1n) is 6.84. The molecule has 0 radical (unpaired) electrons. The maximum atomic E-state index is 4.89. The van der Waals surface area contributed by atoms with Crippen LogP contribution in [0.4, 0.5) is 0 Å². The Labute approximate surface area is 105 Å². The molecule has 0 spiro atoms. The summed E-state index contributed by atoms with van der Waals surface area (Å²) < 4.78 is 0. The van der Waals surface area contributed by atoms with Crippen LogP contribution >= 0.6 is 0 Å². The molecule has 2 aliphatic carbocycles. The van der Waals surface area contributed by atoms with Gasteiger partial charge >= 0.3 is 0 Å². The minimum absolute atomic E-state index is 0.455. The van der Waals surface area contributed by atoms with Crippen LogP contribution in [0.3, 0.4) is 0 Å². The second-order valence-electron chi connectivity index (χ2n) is 5.14. The van der Waals surface area contributed by atoms with E-state index in [1.54, 1.807) is 0 Å². The van der Waals surface area contributed by atoms with Crippen LogP contribution in [0.5, 0.6) is 0 Å². The van der Waals surface area contributed by atoms with E-state index < -0.39 is 0 Å². The van der Waals surface area contributed by atoms with Crippen molar-refractivity contribution < 1.29 is 0 Å². The SMILES string of the molecule is CC(=N[C@H](C)C1CC=CCC1)C1=CCCC=C1. The van der Waals surface area contributed by atoms with Crippen molar-refractivity contribution in [1.29, 1.82) is 0 Å². The molecule has 0 fully saturated rings. The van der Waals surface area contributed by atoms with E-state index in [1.807, 2.05) is 0 Å². The standard InChI is InChI=1S/C16H23N/c1-13(15-9-5-3-6-10-15)17-14(2)16-11-7-4-8-12-16/h3,5,7,11-13,15H,4,6,8-10H2,1-2H3/t13-,15?/m1/s1. The summed E-state index contributed by atoms with van der Waals surface area (Å²) in [6.45, 7) is 4.41. The molecule has 17 heavy (non-hydrogen) atoms. The van der Waals surface area contributed by atoms with E-state index in [-0.39, 0.29) is 0 Å². The summed E-state index contributed by atoms with van der Waals surface area (Å²) in [5.41, 5.74) is 2.54. The molecule has 2 rings (SSSR count). The highest BCUT2D eigenvalue weighted by Crippen LogP contribution is 2.24. The van der Waals surface area contributed by atoms with Crippen molar-refractivity contribution in [2.45, 2.75) is 52.0 Å². The highest BCUT2D eigenvalue weighted by Gasteiger charge is 2.17. The van der Waals surface area contributed by atoms with E-state index in [0.717, 1.165) is 5.92 Å². The summed E-state index contributed by atoms with van der Waals surface area (Å²) in [6.07, 6.45) is 17.5. The van der Waals surface area contributed by atoms with Gasteiger partial charge in [-0.05, 0) is 57.4 Å². The fourth-order valence-electron chi connectivity index (χ4n) is 2.62. The number of nitrogens with zero attached hydrogens (tertiary/aromatic N) is 1. The number of hydrogen-bond donors (Lipinski definition) is 0. The summed E-state index contributed by atoms with van der Waals surface area (Å²) in [4.78, 5) is 4.89. The van der Waals surface area contributed by atoms with E-state index in [2.05, 4.69) is 44.2 Å². The second-order valence-corrected chi connectivity index (χ2v) is 5.14. The van der Waals surface area contributed by atoms with Crippen LogP contribution in [-0.4, -0.2) is 11.8 Å². The van der Waals surface area contributed by atoms with Crippen LogP contribution in [0.25, 0.3) is 0 Å². The highest BCUT2D eigenvalue weighted by atomic mass is 14.8. The Morgan fingerprint density at radius 1 is 1.24 bits per heavy atom. The van der Waals surface area contributed by atoms with Gasteiger partial charge in [0.15, 0.2) is 0 Å². The molecule has 0 amide bonds. The van der Waals surface area contributed by atoms with Gasteiger partial charge in [-0.2, -0.15) is 0 Å². The molecule has 0 aromatic rings. The smallest absolute Gasteiger partial charge is 0.0506 e. The van der Waals surface area contributed by atoms with Gasteiger partial charge in [0.25, 0.3) is 0 Å². The molecule has 0 bridgehead atoms. The van der Waals surface area contributed by atoms with Gasteiger partial charge in [-0.25, -0.2) is 0 Å². The van der Waals surface area contributed by atoms with E-state index >= 15 is 0 Å². The predicted molar refractivity (Wildman–Crippen MR) is 75.5 cm³/mol. The molecule has 0 saturated heterocycles. The van der Waals surface area contributed by atoms with Crippen molar-refractivity contribution in [2.75, 3.05) is 0 Å². The molecule has 2 aliphatic rings. The summed E-state index contributed by atoms with van der Waals surface area (Å²) >= 11 is 0. The van der Waals surface area contributed by atoms with Crippen molar-refractivity contribution in [1.82, 2.24) is 0 Å². The minimum atomic E-state index is 0.455. The Balaban J connectivity index is 2.00. The van der Waals surface area contributed by atoms with Crippen LogP contribution < -0.4 is 0 Å². The third-order valence-electron chi connectivity index (χ3n) is 3.80. The Kier molecular flexibility index (Phi) is 4.36. The molecular weight excluding hydrogens is 206 g/mol. The number of aliphatic imine (C=N–C) groups is 1. The Bertz CT molecular complexity index is 371. The molecule has 0 aliphatic heterocycles. The van der Waals surface area contributed by atoms with E-state index in [9.17, 15) is 0 Å². The molecule has 92 valence electrons. The molecular formula is C16H23N. The Morgan fingerprint density at radius 3 is 2.76 bits per heavy atom. The molecule has 1 heteroatoms. The first-order chi connectivity index (χ1) is 8.27. The molecule has 0 heterocycles. The zero-order valence-electron chi connectivity index (χ0n) is 11.0. The van der Waals surface area contributed by atoms with E-state index in [1.165, 1.54) is 43.4 Å². The lowest BCUT2D eigenvalue weighted by molar-refractivity contribution is 0.411. The molecule has 2 atom stereocenters. The normalized spacial score (nSPS) is 26.8. The molecule has 0 saturated carbocycles.